The largest absolute Gasteiger partial charge is 0.508 e. The molecule has 0 aliphatic heterocycles. The van der Waals surface area contributed by atoms with Crippen molar-refractivity contribution in [1.82, 2.24) is 15.0 Å². The fraction of sp³-hybridized carbons (Fsp3) is 0.0870. The highest BCUT2D eigenvalue weighted by molar-refractivity contribution is 5.75. The summed E-state index contributed by atoms with van der Waals surface area (Å²) in [7, 11) is 0. The SMILES string of the molecule is Cc1cc(Oc2ccc(Nc3cc(C4=CCC=C(O)C=C4)nc(N)n3)cc2)ccn1. The topological polar surface area (TPSA) is 106 Å². The van der Waals surface area contributed by atoms with Gasteiger partial charge in [-0.05, 0) is 67.5 Å². The minimum Gasteiger partial charge on any atom is -0.508 e. The van der Waals surface area contributed by atoms with Gasteiger partial charge in [0, 0.05) is 29.7 Å². The van der Waals surface area contributed by atoms with Crippen molar-refractivity contribution in [2.45, 2.75) is 13.3 Å². The third kappa shape index (κ3) is 4.82. The van der Waals surface area contributed by atoms with Crippen molar-refractivity contribution in [1.29, 1.82) is 0 Å². The number of benzene rings is 1. The zero-order valence-electron chi connectivity index (χ0n) is 16.4. The number of aryl methyl sites for hydroxylation is 1. The Bertz CT molecular complexity index is 1150. The van der Waals surface area contributed by atoms with Crippen LogP contribution in [0.3, 0.4) is 0 Å². The molecule has 1 aromatic carbocycles. The van der Waals surface area contributed by atoms with Gasteiger partial charge in [-0.25, -0.2) is 4.98 Å². The Kier molecular flexibility index (Phi) is 5.43. The van der Waals surface area contributed by atoms with E-state index in [4.69, 9.17) is 10.5 Å². The number of nitrogen functional groups attached to an aromatic ring is 1. The summed E-state index contributed by atoms with van der Waals surface area (Å²) in [5, 5.41) is 12.9. The van der Waals surface area contributed by atoms with E-state index in [0.717, 1.165) is 28.5 Å². The molecule has 0 amide bonds. The van der Waals surface area contributed by atoms with E-state index in [1.165, 1.54) is 0 Å². The van der Waals surface area contributed by atoms with E-state index >= 15 is 0 Å². The van der Waals surface area contributed by atoms with E-state index in [2.05, 4.69) is 20.3 Å². The summed E-state index contributed by atoms with van der Waals surface area (Å²) in [6.07, 6.45) is 9.46. The van der Waals surface area contributed by atoms with Crippen LogP contribution in [-0.2, 0) is 0 Å². The Labute approximate surface area is 174 Å². The van der Waals surface area contributed by atoms with Gasteiger partial charge in [-0.1, -0.05) is 6.08 Å². The summed E-state index contributed by atoms with van der Waals surface area (Å²) in [6, 6.07) is 13.0. The summed E-state index contributed by atoms with van der Waals surface area (Å²) >= 11 is 0. The number of nitrogens with one attached hydrogen (secondary N) is 1. The molecule has 0 saturated heterocycles. The molecule has 4 N–H and O–H groups in total. The van der Waals surface area contributed by atoms with Gasteiger partial charge in [-0.2, -0.15) is 4.98 Å². The number of hydrogen-bond donors (Lipinski definition) is 3. The van der Waals surface area contributed by atoms with Crippen molar-refractivity contribution >= 4 is 23.0 Å². The van der Waals surface area contributed by atoms with Crippen LogP contribution in [0.15, 0.2) is 78.7 Å². The number of ether oxygens (including phenoxy) is 1. The first-order chi connectivity index (χ1) is 14.5. The number of hydrogen-bond acceptors (Lipinski definition) is 7. The highest BCUT2D eigenvalue weighted by atomic mass is 16.5. The smallest absolute Gasteiger partial charge is 0.222 e. The summed E-state index contributed by atoms with van der Waals surface area (Å²) < 4.78 is 5.85. The van der Waals surface area contributed by atoms with Gasteiger partial charge in [0.2, 0.25) is 5.95 Å². The molecule has 4 rings (SSSR count). The van der Waals surface area contributed by atoms with Crippen molar-refractivity contribution in [3.63, 3.8) is 0 Å². The van der Waals surface area contributed by atoms with Crippen LogP contribution < -0.4 is 15.8 Å². The van der Waals surface area contributed by atoms with Crippen LogP contribution >= 0.6 is 0 Å². The molecule has 0 saturated carbocycles. The molecule has 7 heteroatoms. The molecule has 2 heterocycles. The lowest BCUT2D eigenvalue weighted by molar-refractivity contribution is 0.431. The fourth-order valence-corrected chi connectivity index (χ4v) is 2.96. The van der Waals surface area contributed by atoms with E-state index in [1.54, 1.807) is 24.4 Å². The van der Waals surface area contributed by atoms with Crippen molar-refractivity contribution in [2.75, 3.05) is 11.1 Å². The molecular formula is C23H21N5O2. The van der Waals surface area contributed by atoms with Crippen LogP contribution in [0.25, 0.3) is 5.57 Å². The molecule has 0 radical (unpaired) electrons. The lowest BCUT2D eigenvalue weighted by Gasteiger charge is -2.10. The average molecular weight is 399 g/mol. The standard InChI is InChI=1S/C23H21N5O2/c1-15-13-20(11-12-25-15)30-19-9-6-17(7-10-19)26-22-14-21(27-23(24)28-22)16-3-2-4-18(29)8-5-16/h3-14,29H,2H2,1H3,(H3,24,26,27,28). The summed E-state index contributed by atoms with van der Waals surface area (Å²) in [4.78, 5) is 12.7. The molecule has 0 spiro atoms. The Balaban J connectivity index is 1.50. The summed E-state index contributed by atoms with van der Waals surface area (Å²) in [6.45, 7) is 1.92. The van der Waals surface area contributed by atoms with Crippen LogP contribution in [0, 0.1) is 6.92 Å². The van der Waals surface area contributed by atoms with Gasteiger partial charge < -0.3 is 20.9 Å². The van der Waals surface area contributed by atoms with Gasteiger partial charge in [0.1, 0.15) is 23.1 Å². The highest BCUT2D eigenvalue weighted by Gasteiger charge is 2.08. The Hall–Kier alpha value is -4.13. The van der Waals surface area contributed by atoms with Gasteiger partial charge >= 0.3 is 0 Å². The second-order valence-corrected chi connectivity index (χ2v) is 6.74. The number of anilines is 3. The Morgan fingerprint density at radius 2 is 1.83 bits per heavy atom. The van der Waals surface area contributed by atoms with Gasteiger partial charge in [0.15, 0.2) is 0 Å². The van der Waals surface area contributed by atoms with E-state index in [9.17, 15) is 5.11 Å². The zero-order chi connectivity index (χ0) is 20.9. The molecule has 30 heavy (non-hydrogen) atoms. The Morgan fingerprint density at radius 3 is 2.63 bits per heavy atom. The van der Waals surface area contributed by atoms with E-state index in [1.807, 2.05) is 55.5 Å². The second kappa shape index (κ2) is 8.48. The van der Waals surface area contributed by atoms with Crippen LogP contribution in [0.2, 0.25) is 0 Å². The van der Waals surface area contributed by atoms with Gasteiger partial charge in [0.05, 0.1) is 5.69 Å². The maximum Gasteiger partial charge on any atom is 0.222 e. The van der Waals surface area contributed by atoms with Crippen molar-refractivity contribution in [3.05, 3.63) is 90.1 Å². The van der Waals surface area contributed by atoms with E-state index in [0.29, 0.717) is 17.9 Å². The zero-order valence-corrected chi connectivity index (χ0v) is 16.4. The van der Waals surface area contributed by atoms with Crippen LogP contribution in [-0.4, -0.2) is 20.1 Å². The molecule has 0 fully saturated rings. The average Bonchev–Trinajstić information content (AvgIpc) is 2.94. The van der Waals surface area contributed by atoms with Crippen LogP contribution in [0.1, 0.15) is 17.8 Å². The normalized spacial score (nSPS) is 13.2. The fourth-order valence-electron chi connectivity index (χ4n) is 2.96. The minimum absolute atomic E-state index is 0.165. The molecule has 7 nitrogen and oxygen atoms in total. The van der Waals surface area contributed by atoms with Gasteiger partial charge in [0.25, 0.3) is 0 Å². The molecule has 150 valence electrons. The third-order valence-corrected chi connectivity index (χ3v) is 4.37. The third-order valence-electron chi connectivity index (χ3n) is 4.37. The van der Waals surface area contributed by atoms with Crippen LogP contribution in [0.5, 0.6) is 11.5 Å². The Morgan fingerprint density at radius 1 is 1.00 bits per heavy atom. The van der Waals surface area contributed by atoms with Crippen molar-refractivity contribution in [3.8, 4) is 11.5 Å². The number of allylic oxidation sites excluding steroid dienone is 5. The summed E-state index contributed by atoms with van der Waals surface area (Å²) in [5.41, 5.74) is 9.18. The molecular weight excluding hydrogens is 378 g/mol. The number of pyridine rings is 1. The first kappa shape index (κ1) is 19.2. The van der Waals surface area contributed by atoms with E-state index < -0.39 is 0 Å². The molecule has 1 aliphatic rings. The predicted molar refractivity (Wildman–Crippen MR) is 118 cm³/mol. The number of rotatable bonds is 5. The minimum atomic E-state index is 0.165. The number of aliphatic hydroxyl groups excluding tert-OH is 1. The summed E-state index contributed by atoms with van der Waals surface area (Å²) in [5.74, 6) is 2.42. The molecule has 1 aliphatic carbocycles. The lowest BCUT2D eigenvalue weighted by atomic mass is 10.1. The first-order valence-corrected chi connectivity index (χ1v) is 9.45. The maximum atomic E-state index is 9.64. The van der Waals surface area contributed by atoms with Gasteiger partial charge in [-0.3, -0.25) is 4.98 Å². The molecule has 0 bridgehead atoms. The molecule has 0 unspecified atom stereocenters. The maximum absolute atomic E-state index is 9.64. The molecule has 0 atom stereocenters. The lowest BCUT2D eigenvalue weighted by Crippen LogP contribution is -2.02. The second-order valence-electron chi connectivity index (χ2n) is 6.74. The number of nitrogens with zero attached hydrogens (tertiary/aromatic N) is 3. The number of aromatic nitrogens is 3. The van der Waals surface area contributed by atoms with Gasteiger partial charge in [-0.15, -0.1) is 0 Å². The molecule has 2 aromatic heterocycles. The van der Waals surface area contributed by atoms with Crippen molar-refractivity contribution < 1.29 is 9.84 Å². The monoisotopic (exact) mass is 399 g/mol. The first-order valence-electron chi connectivity index (χ1n) is 9.45. The molecule has 3 aromatic rings. The quantitative estimate of drug-likeness (QED) is 0.549. The van der Waals surface area contributed by atoms with Crippen molar-refractivity contribution in [2.24, 2.45) is 0 Å². The highest BCUT2D eigenvalue weighted by Crippen LogP contribution is 2.26. The van der Waals surface area contributed by atoms with E-state index in [-0.39, 0.29) is 11.7 Å². The predicted octanol–water partition coefficient (Wildman–Crippen LogP) is 5.08. The number of nitrogens with two attached hydrogens (primary N) is 1. The number of aliphatic hydroxyl groups is 1. The van der Waals surface area contributed by atoms with Crippen LogP contribution in [0.4, 0.5) is 17.5 Å².